The Balaban J connectivity index is 1.81. The molecule has 1 aliphatic carbocycles. The number of hydrogen-bond donors (Lipinski definition) is 0. The quantitative estimate of drug-likeness (QED) is 0.710. The standard InChI is InChI=1S/C19H27NO/c1-3-15(2)12-13-21-19-10-8-18(9-11-19)17-6-4-16(14-20)5-7-17/h8-11,15-17H,3-7,12-13H2,1-2H3. The molecule has 2 heteroatoms. The lowest BCUT2D eigenvalue weighted by molar-refractivity contribution is 0.281. The smallest absolute Gasteiger partial charge is 0.119 e. The van der Waals surface area contributed by atoms with E-state index in [1.807, 2.05) is 0 Å². The first-order valence-electron chi connectivity index (χ1n) is 8.35. The number of ether oxygens (including phenoxy) is 1. The lowest BCUT2D eigenvalue weighted by atomic mass is 9.79. The SMILES string of the molecule is CCC(C)CCOc1ccc(C2CCC(C#N)CC2)cc1. The van der Waals surface area contributed by atoms with E-state index in [1.54, 1.807) is 0 Å². The second-order valence-electron chi connectivity index (χ2n) is 6.40. The van der Waals surface area contributed by atoms with Gasteiger partial charge in [0.1, 0.15) is 5.75 Å². The fourth-order valence-corrected chi connectivity index (χ4v) is 2.97. The second-order valence-corrected chi connectivity index (χ2v) is 6.40. The van der Waals surface area contributed by atoms with Gasteiger partial charge in [0.2, 0.25) is 0 Å². The van der Waals surface area contributed by atoms with Gasteiger partial charge in [0.15, 0.2) is 0 Å². The minimum Gasteiger partial charge on any atom is -0.494 e. The summed E-state index contributed by atoms with van der Waals surface area (Å²) in [6, 6.07) is 11.0. The molecule has 1 fully saturated rings. The summed E-state index contributed by atoms with van der Waals surface area (Å²) in [5.41, 5.74) is 1.40. The van der Waals surface area contributed by atoms with Gasteiger partial charge in [0.05, 0.1) is 12.7 Å². The highest BCUT2D eigenvalue weighted by atomic mass is 16.5. The van der Waals surface area contributed by atoms with Gasteiger partial charge in [-0.25, -0.2) is 0 Å². The largest absolute Gasteiger partial charge is 0.494 e. The first-order valence-corrected chi connectivity index (χ1v) is 8.35. The molecule has 2 nitrogen and oxygen atoms in total. The van der Waals surface area contributed by atoms with Crippen LogP contribution in [0.15, 0.2) is 24.3 Å². The zero-order chi connectivity index (χ0) is 15.1. The van der Waals surface area contributed by atoms with Crippen LogP contribution >= 0.6 is 0 Å². The fourth-order valence-electron chi connectivity index (χ4n) is 2.97. The summed E-state index contributed by atoms with van der Waals surface area (Å²) in [7, 11) is 0. The van der Waals surface area contributed by atoms with Crippen LogP contribution in [0.5, 0.6) is 5.75 Å². The highest BCUT2D eigenvalue weighted by Gasteiger charge is 2.21. The molecule has 0 radical (unpaired) electrons. The van der Waals surface area contributed by atoms with E-state index in [4.69, 9.17) is 10.00 Å². The van der Waals surface area contributed by atoms with Crippen LogP contribution in [-0.4, -0.2) is 6.61 Å². The molecule has 0 heterocycles. The average molecular weight is 285 g/mol. The number of hydrogen-bond acceptors (Lipinski definition) is 2. The number of nitrogens with zero attached hydrogens (tertiary/aromatic N) is 1. The average Bonchev–Trinajstić information content (AvgIpc) is 2.55. The van der Waals surface area contributed by atoms with Gasteiger partial charge in [0.25, 0.3) is 0 Å². The Morgan fingerprint density at radius 3 is 2.43 bits per heavy atom. The van der Waals surface area contributed by atoms with Gasteiger partial charge in [0, 0.05) is 5.92 Å². The van der Waals surface area contributed by atoms with Crippen molar-refractivity contribution in [1.82, 2.24) is 0 Å². The van der Waals surface area contributed by atoms with Gasteiger partial charge in [-0.3, -0.25) is 0 Å². The van der Waals surface area contributed by atoms with Crippen molar-refractivity contribution in [3.63, 3.8) is 0 Å². The molecule has 0 saturated heterocycles. The first kappa shape index (κ1) is 15.9. The number of benzene rings is 1. The van der Waals surface area contributed by atoms with Crippen molar-refractivity contribution in [2.75, 3.05) is 6.61 Å². The predicted octanol–water partition coefficient (Wildman–Crippen LogP) is 5.30. The molecule has 0 bridgehead atoms. The maximum atomic E-state index is 8.96. The molecule has 0 aromatic heterocycles. The Kier molecular flexibility index (Phi) is 6.11. The van der Waals surface area contributed by atoms with Crippen LogP contribution in [0.4, 0.5) is 0 Å². The second kappa shape index (κ2) is 8.08. The van der Waals surface area contributed by atoms with E-state index in [-0.39, 0.29) is 5.92 Å². The van der Waals surface area contributed by atoms with E-state index >= 15 is 0 Å². The highest BCUT2D eigenvalue weighted by Crippen LogP contribution is 2.35. The molecule has 1 saturated carbocycles. The molecule has 1 aliphatic rings. The van der Waals surface area contributed by atoms with Crippen molar-refractivity contribution in [3.8, 4) is 11.8 Å². The number of rotatable bonds is 6. The van der Waals surface area contributed by atoms with E-state index in [0.717, 1.165) is 50.4 Å². The Morgan fingerprint density at radius 2 is 1.86 bits per heavy atom. The lowest BCUT2D eigenvalue weighted by Crippen LogP contribution is -2.11. The van der Waals surface area contributed by atoms with Crippen LogP contribution in [-0.2, 0) is 0 Å². The zero-order valence-corrected chi connectivity index (χ0v) is 13.3. The fraction of sp³-hybridized carbons (Fsp3) is 0.632. The molecule has 1 aromatic rings. The van der Waals surface area contributed by atoms with E-state index in [2.05, 4.69) is 44.2 Å². The van der Waals surface area contributed by atoms with Crippen LogP contribution in [0.1, 0.15) is 63.9 Å². The van der Waals surface area contributed by atoms with Crippen molar-refractivity contribution in [1.29, 1.82) is 5.26 Å². The van der Waals surface area contributed by atoms with Crippen molar-refractivity contribution in [2.24, 2.45) is 11.8 Å². The molecule has 21 heavy (non-hydrogen) atoms. The molecule has 1 unspecified atom stereocenters. The van der Waals surface area contributed by atoms with Crippen LogP contribution in [0.3, 0.4) is 0 Å². The van der Waals surface area contributed by atoms with Gasteiger partial charge >= 0.3 is 0 Å². The van der Waals surface area contributed by atoms with E-state index in [0.29, 0.717) is 5.92 Å². The summed E-state index contributed by atoms with van der Waals surface area (Å²) >= 11 is 0. The highest BCUT2D eigenvalue weighted by molar-refractivity contribution is 5.29. The van der Waals surface area contributed by atoms with Gasteiger partial charge < -0.3 is 4.74 Å². The zero-order valence-electron chi connectivity index (χ0n) is 13.3. The molecule has 114 valence electrons. The van der Waals surface area contributed by atoms with Crippen LogP contribution < -0.4 is 4.74 Å². The molecule has 0 spiro atoms. The van der Waals surface area contributed by atoms with E-state index in [1.165, 1.54) is 12.0 Å². The summed E-state index contributed by atoms with van der Waals surface area (Å²) in [6.45, 7) is 5.30. The van der Waals surface area contributed by atoms with E-state index in [9.17, 15) is 0 Å². The molecular formula is C19H27NO. The third-order valence-corrected chi connectivity index (χ3v) is 4.84. The summed E-state index contributed by atoms with van der Waals surface area (Å²) in [4.78, 5) is 0. The van der Waals surface area contributed by atoms with Crippen molar-refractivity contribution in [2.45, 2.75) is 58.3 Å². The summed E-state index contributed by atoms with van der Waals surface area (Å²) < 4.78 is 5.81. The molecular weight excluding hydrogens is 258 g/mol. The van der Waals surface area contributed by atoms with Crippen LogP contribution in [0.2, 0.25) is 0 Å². The van der Waals surface area contributed by atoms with Gasteiger partial charge in [-0.1, -0.05) is 32.4 Å². The monoisotopic (exact) mass is 285 g/mol. The third kappa shape index (κ3) is 4.77. The van der Waals surface area contributed by atoms with Crippen molar-refractivity contribution < 1.29 is 4.74 Å². The summed E-state index contributed by atoms with van der Waals surface area (Å²) in [5.74, 6) is 2.63. The number of nitriles is 1. The van der Waals surface area contributed by atoms with E-state index < -0.39 is 0 Å². The summed E-state index contributed by atoms with van der Waals surface area (Å²) in [5, 5.41) is 8.96. The third-order valence-electron chi connectivity index (χ3n) is 4.84. The van der Waals surface area contributed by atoms with Crippen LogP contribution in [0.25, 0.3) is 0 Å². The molecule has 0 aliphatic heterocycles. The Labute approximate surface area is 129 Å². The lowest BCUT2D eigenvalue weighted by Gasteiger charge is -2.25. The maximum absolute atomic E-state index is 8.96. The Morgan fingerprint density at radius 1 is 1.19 bits per heavy atom. The van der Waals surface area contributed by atoms with Gasteiger partial charge in [-0.05, 0) is 61.6 Å². The molecule has 1 atom stereocenters. The minimum atomic E-state index is 0.282. The van der Waals surface area contributed by atoms with Crippen molar-refractivity contribution >= 4 is 0 Å². The Bertz CT molecular complexity index is 451. The molecule has 1 aromatic carbocycles. The summed E-state index contributed by atoms with van der Waals surface area (Å²) in [6.07, 6.45) is 6.73. The normalized spacial score (nSPS) is 23.3. The Hall–Kier alpha value is -1.49. The van der Waals surface area contributed by atoms with Crippen LogP contribution in [0, 0.1) is 23.2 Å². The van der Waals surface area contributed by atoms with Gasteiger partial charge in [-0.2, -0.15) is 5.26 Å². The maximum Gasteiger partial charge on any atom is 0.119 e. The van der Waals surface area contributed by atoms with Gasteiger partial charge in [-0.15, -0.1) is 0 Å². The van der Waals surface area contributed by atoms with Crippen molar-refractivity contribution in [3.05, 3.63) is 29.8 Å². The molecule has 2 rings (SSSR count). The minimum absolute atomic E-state index is 0.282. The topological polar surface area (TPSA) is 33.0 Å². The first-order chi connectivity index (χ1) is 10.2. The predicted molar refractivity (Wildman–Crippen MR) is 86.3 cm³/mol. The molecule has 0 amide bonds. The molecule has 0 N–H and O–H groups in total.